The molecule has 0 radical (unpaired) electrons. The maximum absolute atomic E-state index is 12.7. The lowest BCUT2D eigenvalue weighted by molar-refractivity contribution is -0.132. The molecule has 2 amide bonds. The maximum atomic E-state index is 12.7. The fourth-order valence-corrected chi connectivity index (χ4v) is 3.67. The first-order valence-electron chi connectivity index (χ1n) is 9.29. The second kappa shape index (κ2) is 8.75. The van der Waals surface area contributed by atoms with Crippen molar-refractivity contribution in [3.8, 4) is 11.5 Å². The third kappa shape index (κ3) is 5.02. The topological polar surface area (TPSA) is 88.3 Å². The predicted octanol–water partition coefficient (Wildman–Crippen LogP) is 3.76. The van der Waals surface area contributed by atoms with E-state index in [1.165, 1.54) is 11.3 Å². The number of aromatic nitrogens is 2. The molecule has 1 aliphatic rings. The summed E-state index contributed by atoms with van der Waals surface area (Å²) in [5.41, 5.74) is 0.772. The van der Waals surface area contributed by atoms with Gasteiger partial charge in [0.05, 0.1) is 11.4 Å². The molecule has 0 bridgehead atoms. The molecule has 0 aliphatic heterocycles. The van der Waals surface area contributed by atoms with Crippen LogP contribution in [0, 0.1) is 0 Å². The second-order valence-electron chi connectivity index (χ2n) is 6.74. The average molecular weight is 431 g/mol. The molecule has 7 nitrogen and oxygen atoms in total. The van der Waals surface area contributed by atoms with Crippen molar-refractivity contribution in [3.05, 3.63) is 57.6 Å². The molecule has 1 aromatic carbocycles. The van der Waals surface area contributed by atoms with Crippen molar-refractivity contribution in [1.82, 2.24) is 20.4 Å². The van der Waals surface area contributed by atoms with Crippen LogP contribution in [-0.2, 0) is 11.3 Å². The summed E-state index contributed by atoms with van der Waals surface area (Å²) in [6.07, 6.45) is 2.16. The van der Waals surface area contributed by atoms with Gasteiger partial charge in [-0.2, -0.15) is 0 Å². The molecule has 0 spiro atoms. The van der Waals surface area contributed by atoms with Crippen molar-refractivity contribution in [2.75, 3.05) is 6.54 Å². The van der Waals surface area contributed by atoms with Crippen LogP contribution in [0.3, 0.4) is 0 Å². The fourth-order valence-electron chi connectivity index (χ4n) is 2.90. The van der Waals surface area contributed by atoms with E-state index in [0.717, 1.165) is 18.4 Å². The quantitative estimate of drug-likeness (QED) is 0.587. The Bertz CT molecular complexity index is 984. The minimum Gasteiger partial charge on any atom is -0.419 e. The van der Waals surface area contributed by atoms with E-state index in [1.807, 2.05) is 11.4 Å². The lowest BCUT2D eigenvalue weighted by atomic mass is 10.2. The summed E-state index contributed by atoms with van der Waals surface area (Å²) >= 11 is 7.28. The summed E-state index contributed by atoms with van der Waals surface area (Å²) in [6.45, 7) is 0.557. The van der Waals surface area contributed by atoms with Gasteiger partial charge in [0.15, 0.2) is 0 Å². The largest absolute Gasteiger partial charge is 0.419 e. The van der Waals surface area contributed by atoms with E-state index in [2.05, 4.69) is 15.5 Å². The lowest BCUT2D eigenvalue weighted by Crippen LogP contribution is -2.35. The van der Waals surface area contributed by atoms with Gasteiger partial charge in [-0.1, -0.05) is 17.7 Å². The van der Waals surface area contributed by atoms with Crippen LogP contribution in [0.25, 0.3) is 11.5 Å². The third-order valence-corrected chi connectivity index (χ3v) is 5.66. The molecule has 1 aliphatic carbocycles. The molecule has 2 heterocycles. The Kier molecular flexibility index (Phi) is 5.92. The minimum absolute atomic E-state index is 0.0368. The molecule has 0 atom stereocenters. The number of carbonyl (C=O) groups is 2. The molecule has 2 aromatic heterocycles. The molecule has 150 valence electrons. The number of nitrogens with zero attached hydrogens (tertiary/aromatic N) is 3. The van der Waals surface area contributed by atoms with Gasteiger partial charge in [-0.3, -0.25) is 9.59 Å². The molecule has 4 rings (SSSR count). The summed E-state index contributed by atoms with van der Waals surface area (Å²) < 4.78 is 5.73. The first-order chi connectivity index (χ1) is 14.1. The van der Waals surface area contributed by atoms with Gasteiger partial charge < -0.3 is 14.6 Å². The van der Waals surface area contributed by atoms with Gasteiger partial charge >= 0.3 is 0 Å². The monoisotopic (exact) mass is 430 g/mol. The fraction of sp³-hybridized carbons (Fsp3) is 0.300. The van der Waals surface area contributed by atoms with E-state index in [9.17, 15) is 9.59 Å². The number of thiophene rings is 1. The smallest absolute Gasteiger partial charge is 0.261 e. The molecule has 1 N–H and O–H groups in total. The number of halogens is 1. The number of carbonyl (C=O) groups excluding carboxylic acids is 2. The number of hydrogen-bond acceptors (Lipinski definition) is 6. The summed E-state index contributed by atoms with van der Waals surface area (Å²) in [5.74, 6) is 0.585. The van der Waals surface area contributed by atoms with Crippen LogP contribution in [0.15, 0.2) is 46.2 Å². The Balaban J connectivity index is 1.34. The van der Waals surface area contributed by atoms with Crippen molar-refractivity contribution >= 4 is 34.8 Å². The van der Waals surface area contributed by atoms with Crippen LogP contribution in [0.5, 0.6) is 0 Å². The predicted molar refractivity (Wildman–Crippen MR) is 110 cm³/mol. The van der Waals surface area contributed by atoms with E-state index in [-0.39, 0.29) is 30.8 Å². The number of benzene rings is 1. The van der Waals surface area contributed by atoms with Gasteiger partial charge in [-0.15, -0.1) is 21.5 Å². The highest BCUT2D eigenvalue weighted by molar-refractivity contribution is 7.12. The highest BCUT2D eigenvalue weighted by atomic mass is 35.5. The van der Waals surface area contributed by atoms with E-state index in [0.29, 0.717) is 28.2 Å². The Labute approximate surface area is 176 Å². The molecule has 1 fully saturated rings. The summed E-state index contributed by atoms with van der Waals surface area (Å²) in [5, 5.41) is 13.4. The zero-order valence-electron chi connectivity index (χ0n) is 15.5. The van der Waals surface area contributed by atoms with Crippen LogP contribution < -0.4 is 5.32 Å². The van der Waals surface area contributed by atoms with Crippen LogP contribution >= 0.6 is 22.9 Å². The van der Waals surface area contributed by atoms with Crippen LogP contribution in [0.2, 0.25) is 5.02 Å². The average Bonchev–Trinajstić information content (AvgIpc) is 3.20. The molecule has 1 saturated carbocycles. The minimum atomic E-state index is -0.157. The van der Waals surface area contributed by atoms with Crippen molar-refractivity contribution in [2.45, 2.75) is 31.8 Å². The number of rotatable bonds is 8. The van der Waals surface area contributed by atoms with Gasteiger partial charge in [-0.25, -0.2) is 0 Å². The Morgan fingerprint density at radius 3 is 2.69 bits per heavy atom. The van der Waals surface area contributed by atoms with E-state index in [4.69, 9.17) is 16.0 Å². The van der Waals surface area contributed by atoms with E-state index in [1.54, 1.807) is 35.2 Å². The van der Waals surface area contributed by atoms with E-state index < -0.39 is 0 Å². The van der Waals surface area contributed by atoms with Crippen LogP contribution in [-0.4, -0.2) is 39.5 Å². The molecule has 0 saturated heterocycles. The van der Waals surface area contributed by atoms with E-state index >= 15 is 0 Å². The highest BCUT2D eigenvalue weighted by Gasteiger charge is 2.33. The number of nitrogens with one attached hydrogen (secondary N) is 1. The Morgan fingerprint density at radius 2 is 2.00 bits per heavy atom. The summed E-state index contributed by atoms with van der Waals surface area (Å²) in [7, 11) is 0. The Morgan fingerprint density at radius 1 is 1.21 bits per heavy atom. The van der Waals surface area contributed by atoms with Gasteiger partial charge in [0.2, 0.25) is 17.7 Å². The molecular formula is C20H19ClN4O3S. The SMILES string of the molecule is O=C(NCCC(=O)N(Cc1nnc(-c2ccc(Cl)cc2)o1)C1CC1)c1cccs1. The van der Waals surface area contributed by atoms with Crippen molar-refractivity contribution < 1.29 is 14.0 Å². The van der Waals surface area contributed by atoms with Gasteiger partial charge in [-0.05, 0) is 48.6 Å². The zero-order valence-corrected chi connectivity index (χ0v) is 17.1. The van der Waals surface area contributed by atoms with Crippen molar-refractivity contribution in [3.63, 3.8) is 0 Å². The molecular weight excluding hydrogens is 412 g/mol. The van der Waals surface area contributed by atoms with Gasteiger partial charge in [0.1, 0.15) is 0 Å². The second-order valence-corrected chi connectivity index (χ2v) is 8.13. The lowest BCUT2D eigenvalue weighted by Gasteiger charge is -2.20. The first-order valence-corrected chi connectivity index (χ1v) is 10.6. The highest BCUT2D eigenvalue weighted by Crippen LogP contribution is 2.29. The molecule has 3 aromatic rings. The number of hydrogen-bond donors (Lipinski definition) is 1. The van der Waals surface area contributed by atoms with Crippen LogP contribution in [0.4, 0.5) is 0 Å². The standard InChI is InChI=1S/C20H19ClN4O3S/c21-14-5-3-13(4-6-14)20-24-23-17(28-20)12-25(15-7-8-15)18(26)9-10-22-19(27)16-2-1-11-29-16/h1-6,11,15H,7-10,12H2,(H,22,27). The summed E-state index contributed by atoms with van der Waals surface area (Å²) in [4.78, 5) is 27.1. The summed E-state index contributed by atoms with van der Waals surface area (Å²) in [6, 6.07) is 10.9. The third-order valence-electron chi connectivity index (χ3n) is 4.54. The number of amides is 2. The first kappa shape index (κ1) is 19.6. The van der Waals surface area contributed by atoms with Crippen LogP contribution in [0.1, 0.15) is 34.8 Å². The van der Waals surface area contributed by atoms with Gasteiger partial charge in [0.25, 0.3) is 5.91 Å². The van der Waals surface area contributed by atoms with Crippen molar-refractivity contribution in [1.29, 1.82) is 0 Å². The molecule has 0 unspecified atom stereocenters. The van der Waals surface area contributed by atoms with Gasteiger partial charge in [0, 0.05) is 29.6 Å². The zero-order chi connectivity index (χ0) is 20.2. The molecule has 9 heteroatoms. The van der Waals surface area contributed by atoms with Crippen molar-refractivity contribution in [2.24, 2.45) is 0 Å². The Hall–Kier alpha value is -2.71. The normalized spacial score (nSPS) is 13.3. The maximum Gasteiger partial charge on any atom is 0.261 e. The molecule has 29 heavy (non-hydrogen) atoms.